The van der Waals surface area contributed by atoms with Crippen LogP contribution < -0.4 is 0 Å². The molecule has 0 fully saturated rings. The Balaban J connectivity index is 3.82. The molecule has 0 bridgehead atoms. The number of aliphatic carboxylic acids is 1. The van der Waals surface area contributed by atoms with E-state index in [1.54, 1.807) is 0 Å². The lowest BCUT2D eigenvalue weighted by Gasteiger charge is -2.05. The van der Waals surface area contributed by atoms with E-state index in [4.69, 9.17) is 18.0 Å². The molecule has 0 saturated carbocycles. The van der Waals surface area contributed by atoms with Crippen molar-refractivity contribution in [3.8, 4) is 24.7 Å². The molecule has 0 aliphatic rings. The maximum absolute atomic E-state index is 10.2. The van der Waals surface area contributed by atoms with E-state index >= 15 is 0 Å². The van der Waals surface area contributed by atoms with Crippen molar-refractivity contribution in [1.82, 2.24) is 0 Å². The zero-order valence-corrected chi connectivity index (χ0v) is 6.21. The van der Waals surface area contributed by atoms with E-state index in [9.17, 15) is 4.79 Å². The van der Waals surface area contributed by atoms with Crippen molar-refractivity contribution in [3.05, 3.63) is 0 Å². The maximum atomic E-state index is 10.2. The molecule has 2 heteroatoms. The Morgan fingerprint density at radius 2 is 1.82 bits per heavy atom. The van der Waals surface area contributed by atoms with Crippen LogP contribution in [0.1, 0.15) is 19.3 Å². The van der Waals surface area contributed by atoms with Crippen molar-refractivity contribution in [1.29, 1.82) is 0 Å². The lowest BCUT2D eigenvalue weighted by Crippen LogP contribution is -2.06. The first kappa shape index (κ1) is 9.59. The van der Waals surface area contributed by atoms with Gasteiger partial charge in [0, 0.05) is 19.3 Å². The SMILES string of the molecule is C#CCC(CC#C)CC(=O)O. The van der Waals surface area contributed by atoms with Crippen LogP contribution >= 0.6 is 0 Å². The highest BCUT2D eigenvalue weighted by Gasteiger charge is 2.09. The van der Waals surface area contributed by atoms with Crippen LogP contribution in [0.15, 0.2) is 0 Å². The quantitative estimate of drug-likeness (QED) is 0.610. The minimum atomic E-state index is -0.847. The van der Waals surface area contributed by atoms with Crippen molar-refractivity contribution in [2.24, 2.45) is 5.92 Å². The minimum absolute atomic E-state index is 0.0639. The van der Waals surface area contributed by atoms with Crippen LogP contribution in [0, 0.1) is 30.6 Å². The third-order valence-electron chi connectivity index (χ3n) is 1.28. The summed E-state index contributed by atoms with van der Waals surface area (Å²) in [6.45, 7) is 0. The fraction of sp³-hybridized carbons (Fsp3) is 0.444. The zero-order chi connectivity index (χ0) is 8.69. The summed E-state index contributed by atoms with van der Waals surface area (Å²) in [5, 5.41) is 8.40. The average molecular weight is 150 g/mol. The summed E-state index contributed by atoms with van der Waals surface area (Å²) in [6.07, 6.45) is 11.0. The van der Waals surface area contributed by atoms with E-state index in [-0.39, 0.29) is 12.3 Å². The predicted molar refractivity (Wildman–Crippen MR) is 42.6 cm³/mol. The topological polar surface area (TPSA) is 37.3 Å². The summed E-state index contributed by atoms with van der Waals surface area (Å²) in [5.74, 6) is 3.88. The molecule has 58 valence electrons. The molecule has 0 aromatic carbocycles. The average Bonchev–Trinajstić information content (AvgIpc) is 1.87. The van der Waals surface area contributed by atoms with Crippen LogP contribution in [-0.4, -0.2) is 11.1 Å². The Morgan fingerprint density at radius 3 is 2.09 bits per heavy atom. The number of carbonyl (C=O) groups is 1. The number of rotatable bonds is 4. The maximum Gasteiger partial charge on any atom is 0.303 e. The Bertz CT molecular complexity index is 189. The van der Waals surface area contributed by atoms with Gasteiger partial charge in [-0.25, -0.2) is 0 Å². The summed E-state index contributed by atoms with van der Waals surface area (Å²) in [5.41, 5.74) is 0. The van der Waals surface area contributed by atoms with Gasteiger partial charge in [-0.3, -0.25) is 4.79 Å². The highest BCUT2D eigenvalue weighted by molar-refractivity contribution is 5.67. The van der Waals surface area contributed by atoms with E-state index in [1.807, 2.05) is 0 Å². The summed E-state index contributed by atoms with van der Waals surface area (Å²) in [7, 11) is 0. The standard InChI is InChI=1S/C9H10O2/c1-3-5-8(6-4-2)7-9(10)11/h1-2,8H,5-7H2,(H,10,11). The summed E-state index contributed by atoms with van der Waals surface area (Å²) in [4.78, 5) is 10.2. The van der Waals surface area contributed by atoms with Gasteiger partial charge in [0.05, 0.1) is 0 Å². The smallest absolute Gasteiger partial charge is 0.303 e. The molecule has 0 atom stereocenters. The molecule has 0 spiro atoms. The predicted octanol–water partition coefficient (Wildman–Crippen LogP) is 1.12. The molecular formula is C9H10O2. The minimum Gasteiger partial charge on any atom is -0.481 e. The molecule has 2 nitrogen and oxygen atoms in total. The summed E-state index contributed by atoms with van der Waals surface area (Å²) >= 11 is 0. The number of carboxylic acid groups (broad SMARTS) is 1. The first-order valence-electron chi connectivity index (χ1n) is 3.29. The number of carboxylic acids is 1. The molecule has 0 amide bonds. The Morgan fingerprint density at radius 1 is 1.36 bits per heavy atom. The third kappa shape index (κ3) is 5.06. The van der Waals surface area contributed by atoms with E-state index in [0.29, 0.717) is 12.8 Å². The van der Waals surface area contributed by atoms with E-state index in [1.165, 1.54) is 0 Å². The fourth-order valence-electron chi connectivity index (χ4n) is 0.797. The van der Waals surface area contributed by atoms with Crippen LogP contribution in [0.4, 0.5) is 0 Å². The molecule has 0 aromatic heterocycles. The van der Waals surface area contributed by atoms with Crippen LogP contribution in [0.2, 0.25) is 0 Å². The Labute approximate surface area is 66.6 Å². The molecule has 0 saturated heterocycles. The van der Waals surface area contributed by atoms with E-state index < -0.39 is 5.97 Å². The number of hydrogen-bond acceptors (Lipinski definition) is 1. The molecule has 0 rings (SSSR count). The van der Waals surface area contributed by atoms with Gasteiger partial charge in [-0.15, -0.1) is 24.7 Å². The third-order valence-corrected chi connectivity index (χ3v) is 1.28. The van der Waals surface area contributed by atoms with Gasteiger partial charge in [0.1, 0.15) is 0 Å². The van der Waals surface area contributed by atoms with Crippen LogP contribution in [0.5, 0.6) is 0 Å². The van der Waals surface area contributed by atoms with Gasteiger partial charge >= 0.3 is 5.97 Å². The second-order valence-corrected chi connectivity index (χ2v) is 2.28. The molecule has 0 unspecified atom stereocenters. The molecule has 0 aliphatic carbocycles. The van der Waals surface area contributed by atoms with Crippen molar-refractivity contribution in [2.45, 2.75) is 19.3 Å². The molecular weight excluding hydrogens is 140 g/mol. The Kier molecular flexibility index (Phi) is 4.69. The van der Waals surface area contributed by atoms with Crippen LogP contribution in [-0.2, 0) is 4.79 Å². The van der Waals surface area contributed by atoms with Crippen LogP contribution in [0.3, 0.4) is 0 Å². The molecule has 11 heavy (non-hydrogen) atoms. The second-order valence-electron chi connectivity index (χ2n) is 2.28. The largest absolute Gasteiger partial charge is 0.481 e. The Hall–Kier alpha value is -1.41. The normalized spacial score (nSPS) is 8.64. The summed E-state index contributed by atoms with van der Waals surface area (Å²) < 4.78 is 0. The lowest BCUT2D eigenvalue weighted by molar-refractivity contribution is -0.138. The van der Waals surface area contributed by atoms with E-state index in [0.717, 1.165) is 0 Å². The van der Waals surface area contributed by atoms with Gasteiger partial charge in [0.2, 0.25) is 0 Å². The molecule has 0 radical (unpaired) electrons. The first-order chi connectivity index (χ1) is 5.20. The summed E-state index contributed by atoms with van der Waals surface area (Å²) in [6, 6.07) is 0. The fourth-order valence-corrected chi connectivity index (χ4v) is 0.797. The van der Waals surface area contributed by atoms with E-state index in [2.05, 4.69) is 11.8 Å². The van der Waals surface area contributed by atoms with Gasteiger partial charge in [-0.2, -0.15) is 0 Å². The van der Waals surface area contributed by atoms with Crippen molar-refractivity contribution in [2.75, 3.05) is 0 Å². The number of terminal acetylenes is 2. The van der Waals surface area contributed by atoms with Crippen molar-refractivity contribution >= 4 is 5.97 Å². The highest BCUT2D eigenvalue weighted by Crippen LogP contribution is 2.11. The molecule has 0 aromatic rings. The zero-order valence-electron chi connectivity index (χ0n) is 6.21. The first-order valence-corrected chi connectivity index (χ1v) is 3.29. The van der Waals surface area contributed by atoms with Crippen molar-refractivity contribution in [3.63, 3.8) is 0 Å². The number of hydrogen-bond donors (Lipinski definition) is 1. The lowest BCUT2D eigenvalue weighted by atomic mass is 9.99. The van der Waals surface area contributed by atoms with Crippen molar-refractivity contribution < 1.29 is 9.90 Å². The molecule has 0 aliphatic heterocycles. The van der Waals surface area contributed by atoms with Gasteiger partial charge in [-0.1, -0.05) is 0 Å². The van der Waals surface area contributed by atoms with Gasteiger partial charge < -0.3 is 5.11 Å². The molecule has 0 heterocycles. The van der Waals surface area contributed by atoms with Gasteiger partial charge in [0.15, 0.2) is 0 Å². The monoisotopic (exact) mass is 150 g/mol. The van der Waals surface area contributed by atoms with Gasteiger partial charge in [0.25, 0.3) is 0 Å². The van der Waals surface area contributed by atoms with Crippen LogP contribution in [0.25, 0.3) is 0 Å². The van der Waals surface area contributed by atoms with Gasteiger partial charge in [-0.05, 0) is 5.92 Å². The molecule has 1 N–H and O–H groups in total. The highest BCUT2D eigenvalue weighted by atomic mass is 16.4. The second kappa shape index (κ2) is 5.38.